The minimum absolute atomic E-state index is 0.0935. The number of aliphatic carboxylic acids is 1. The standard InChI is InChI=1S/C10H13BO4/c1-2-7-3-4-9(11(14)15)5-8(7)6-10(12)13/h3-5,14-15H,2,6H2,1H3,(H,12,13). The first-order valence-corrected chi connectivity index (χ1v) is 4.74. The van der Waals surface area contributed by atoms with Gasteiger partial charge in [0.2, 0.25) is 0 Å². The van der Waals surface area contributed by atoms with Crippen molar-refractivity contribution >= 4 is 18.6 Å². The summed E-state index contributed by atoms with van der Waals surface area (Å²) in [6.07, 6.45) is 0.633. The maximum absolute atomic E-state index is 10.6. The number of carboxylic acid groups (broad SMARTS) is 1. The van der Waals surface area contributed by atoms with Gasteiger partial charge >= 0.3 is 13.1 Å². The van der Waals surface area contributed by atoms with Crippen LogP contribution in [0.4, 0.5) is 0 Å². The summed E-state index contributed by atoms with van der Waals surface area (Å²) in [6, 6.07) is 4.85. The van der Waals surface area contributed by atoms with Crippen LogP contribution in [0.15, 0.2) is 18.2 Å². The van der Waals surface area contributed by atoms with Crippen molar-refractivity contribution < 1.29 is 19.9 Å². The van der Waals surface area contributed by atoms with Crippen molar-refractivity contribution in [1.82, 2.24) is 0 Å². The zero-order chi connectivity index (χ0) is 11.4. The fourth-order valence-corrected chi connectivity index (χ4v) is 1.48. The molecule has 0 saturated heterocycles. The van der Waals surface area contributed by atoms with E-state index >= 15 is 0 Å². The third-order valence-corrected chi connectivity index (χ3v) is 2.25. The molecule has 0 heterocycles. The molecule has 15 heavy (non-hydrogen) atoms. The Hall–Kier alpha value is -1.33. The van der Waals surface area contributed by atoms with E-state index in [0.29, 0.717) is 11.0 Å². The zero-order valence-electron chi connectivity index (χ0n) is 8.47. The van der Waals surface area contributed by atoms with Crippen LogP contribution in [0.25, 0.3) is 0 Å². The lowest BCUT2D eigenvalue weighted by molar-refractivity contribution is -0.136. The minimum atomic E-state index is -1.55. The predicted octanol–water partition coefficient (Wildman–Crippen LogP) is -0.444. The van der Waals surface area contributed by atoms with E-state index in [0.717, 1.165) is 12.0 Å². The predicted molar refractivity (Wildman–Crippen MR) is 57.0 cm³/mol. The first kappa shape index (κ1) is 11.7. The molecule has 1 aromatic carbocycles. The molecule has 0 unspecified atom stereocenters. The SMILES string of the molecule is CCc1ccc(B(O)O)cc1CC(=O)O. The summed E-state index contributed by atoms with van der Waals surface area (Å²) >= 11 is 0. The number of carbonyl (C=O) groups is 1. The van der Waals surface area contributed by atoms with E-state index in [1.807, 2.05) is 6.92 Å². The highest BCUT2D eigenvalue weighted by atomic mass is 16.4. The maximum Gasteiger partial charge on any atom is 0.488 e. The molecule has 0 saturated carbocycles. The van der Waals surface area contributed by atoms with Crippen molar-refractivity contribution in [2.45, 2.75) is 19.8 Å². The van der Waals surface area contributed by atoms with Gasteiger partial charge in [0.1, 0.15) is 0 Å². The van der Waals surface area contributed by atoms with Gasteiger partial charge in [-0.05, 0) is 23.0 Å². The quantitative estimate of drug-likeness (QED) is 0.586. The van der Waals surface area contributed by atoms with E-state index in [9.17, 15) is 4.79 Å². The number of benzene rings is 1. The van der Waals surface area contributed by atoms with Crippen molar-refractivity contribution in [3.8, 4) is 0 Å². The van der Waals surface area contributed by atoms with E-state index in [-0.39, 0.29) is 6.42 Å². The van der Waals surface area contributed by atoms with Crippen LogP contribution in [0.2, 0.25) is 0 Å². The van der Waals surface area contributed by atoms with Crippen LogP contribution in [0.5, 0.6) is 0 Å². The summed E-state index contributed by atoms with van der Waals surface area (Å²) in [5.74, 6) is -0.922. The molecule has 0 amide bonds. The largest absolute Gasteiger partial charge is 0.488 e. The van der Waals surface area contributed by atoms with Gasteiger partial charge in [0, 0.05) is 0 Å². The van der Waals surface area contributed by atoms with Gasteiger partial charge in [-0.1, -0.05) is 25.1 Å². The summed E-state index contributed by atoms with van der Waals surface area (Å²) in [5, 5.41) is 26.6. The topological polar surface area (TPSA) is 77.8 Å². The van der Waals surface area contributed by atoms with Gasteiger partial charge < -0.3 is 15.2 Å². The number of carboxylic acids is 1. The minimum Gasteiger partial charge on any atom is -0.481 e. The van der Waals surface area contributed by atoms with Crippen LogP contribution in [0, 0.1) is 0 Å². The summed E-state index contributed by atoms with van der Waals surface area (Å²) in [6.45, 7) is 1.93. The summed E-state index contributed by atoms with van der Waals surface area (Å²) in [7, 11) is -1.55. The smallest absolute Gasteiger partial charge is 0.481 e. The summed E-state index contributed by atoms with van der Waals surface area (Å²) in [5.41, 5.74) is 1.88. The second-order valence-corrected chi connectivity index (χ2v) is 3.33. The molecule has 4 nitrogen and oxygen atoms in total. The molecule has 3 N–H and O–H groups in total. The fourth-order valence-electron chi connectivity index (χ4n) is 1.48. The van der Waals surface area contributed by atoms with Gasteiger partial charge in [0.15, 0.2) is 0 Å². The summed E-state index contributed by atoms with van der Waals surface area (Å²) in [4.78, 5) is 10.6. The van der Waals surface area contributed by atoms with Gasteiger partial charge in [-0.3, -0.25) is 4.79 Å². The molecular weight excluding hydrogens is 195 g/mol. The monoisotopic (exact) mass is 208 g/mol. The van der Waals surface area contributed by atoms with Gasteiger partial charge in [0.25, 0.3) is 0 Å². The van der Waals surface area contributed by atoms with E-state index < -0.39 is 13.1 Å². The molecule has 0 aliphatic carbocycles. The molecule has 5 heteroatoms. The van der Waals surface area contributed by atoms with Crippen LogP contribution in [-0.4, -0.2) is 28.2 Å². The van der Waals surface area contributed by atoms with E-state index in [2.05, 4.69) is 0 Å². The van der Waals surface area contributed by atoms with E-state index in [4.69, 9.17) is 15.2 Å². The Morgan fingerprint density at radius 2 is 2.00 bits per heavy atom. The molecule has 0 spiro atoms. The fraction of sp³-hybridized carbons (Fsp3) is 0.300. The molecular formula is C10H13BO4. The van der Waals surface area contributed by atoms with Gasteiger partial charge in [-0.15, -0.1) is 0 Å². The Bertz CT molecular complexity index is 362. The van der Waals surface area contributed by atoms with Crippen LogP contribution < -0.4 is 5.46 Å². The van der Waals surface area contributed by atoms with Crippen molar-refractivity contribution in [1.29, 1.82) is 0 Å². The van der Waals surface area contributed by atoms with Crippen molar-refractivity contribution in [2.75, 3.05) is 0 Å². The first-order valence-electron chi connectivity index (χ1n) is 4.74. The molecule has 1 rings (SSSR count). The average Bonchev–Trinajstić information content (AvgIpc) is 2.16. The Kier molecular flexibility index (Phi) is 3.88. The van der Waals surface area contributed by atoms with E-state index in [1.54, 1.807) is 12.1 Å². The molecule has 0 aromatic heterocycles. The number of aryl methyl sites for hydroxylation is 1. The van der Waals surface area contributed by atoms with Crippen LogP contribution in [0.1, 0.15) is 18.1 Å². The highest BCUT2D eigenvalue weighted by molar-refractivity contribution is 6.58. The van der Waals surface area contributed by atoms with Crippen LogP contribution in [0.3, 0.4) is 0 Å². The van der Waals surface area contributed by atoms with Gasteiger partial charge in [-0.2, -0.15) is 0 Å². The highest BCUT2D eigenvalue weighted by Gasteiger charge is 2.14. The first-order chi connectivity index (χ1) is 7.04. The Morgan fingerprint density at radius 1 is 1.33 bits per heavy atom. The molecule has 0 radical (unpaired) electrons. The normalized spacial score (nSPS) is 10.1. The van der Waals surface area contributed by atoms with Crippen molar-refractivity contribution in [3.05, 3.63) is 29.3 Å². The summed E-state index contributed by atoms with van der Waals surface area (Å²) < 4.78 is 0. The Balaban J connectivity index is 3.07. The van der Waals surface area contributed by atoms with Gasteiger partial charge in [-0.25, -0.2) is 0 Å². The maximum atomic E-state index is 10.6. The Morgan fingerprint density at radius 3 is 2.47 bits per heavy atom. The number of rotatable bonds is 4. The number of hydrogen-bond donors (Lipinski definition) is 3. The molecule has 0 aliphatic rings. The zero-order valence-corrected chi connectivity index (χ0v) is 8.47. The lowest BCUT2D eigenvalue weighted by Crippen LogP contribution is -2.30. The molecule has 0 bridgehead atoms. The molecule has 1 aromatic rings. The van der Waals surface area contributed by atoms with Crippen molar-refractivity contribution in [2.24, 2.45) is 0 Å². The lowest BCUT2D eigenvalue weighted by Gasteiger charge is -2.08. The van der Waals surface area contributed by atoms with Crippen LogP contribution in [-0.2, 0) is 17.6 Å². The van der Waals surface area contributed by atoms with E-state index in [1.165, 1.54) is 6.07 Å². The molecule has 0 aliphatic heterocycles. The second-order valence-electron chi connectivity index (χ2n) is 3.33. The van der Waals surface area contributed by atoms with Crippen LogP contribution >= 0.6 is 0 Å². The Labute approximate surface area is 88.3 Å². The molecule has 0 fully saturated rings. The third-order valence-electron chi connectivity index (χ3n) is 2.25. The van der Waals surface area contributed by atoms with Gasteiger partial charge in [0.05, 0.1) is 6.42 Å². The lowest BCUT2D eigenvalue weighted by atomic mass is 9.78. The van der Waals surface area contributed by atoms with Crippen molar-refractivity contribution in [3.63, 3.8) is 0 Å². The molecule has 0 atom stereocenters. The number of hydrogen-bond acceptors (Lipinski definition) is 3. The third kappa shape index (κ3) is 3.07. The highest BCUT2D eigenvalue weighted by Crippen LogP contribution is 2.09. The second kappa shape index (κ2) is 4.95. The molecule has 80 valence electrons. The average molecular weight is 208 g/mol.